The van der Waals surface area contributed by atoms with Crippen LogP contribution in [0.4, 0.5) is 0 Å². The highest BCUT2D eigenvalue weighted by Crippen LogP contribution is 2.34. The molecule has 0 aliphatic carbocycles. The number of hydrogen-bond donors (Lipinski definition) is 0. The van der Waals surface area contributed by atoms with Crippen molar-refractivity contribution in [2.45, 2.75) is 40.5 Å². The third kappa shape index (κ3) is 5.63. The van der Waals surface area contributed by atoms with Gasteiger partial charge < -0.3 is 14.3 Å². The number of carbonyl (C=O) groups excluding carboxylic acids is 1. The normalized spacial score (nSPS) is 15.7. The van der Waals surface area contributed by atoms with E-state index in [2.05, 4.69) is 44.7 Å². The zero-order valence-electron chi connectivity index (χ0n) is 17.2. The molecule has 3 nitrogen and oxygen atoms in total. The quantitative estimate of drug-likeness (QED) is 0.701. The number of ketones is 1. The van der Waals surface area contributed by atoms with Crippen molar-refractivity contribution in [1.82, 2.24) is 0 Å². The molecule has 0 saturated carbocycles. The molecule has 0 N–H and O–H groups in total. The van der Waals surface area contributed by atoms with Crippen molar-refractivity contribution < 1.29 is 14.3 Å². The van der Waals surface area contributed by atoms with Gasteiger partial charge in [0.15, 0.2) is 11.5 Å². The summed E-state index contributed by atoms with van der Waals surface area (Å²) in [5, 5.41) is 0. The van der Waals surface area contributed by atoms with Gasteiger partial charge in [0.25, 0.3) is 0 Å². The topological polar surface area (TPSA) is 35.5 Å². The molecule has 0 fully saturated rings. The number of ether oxygens (including phenoxy) is 2. The van der Waals surface area contributed by atoms with Crippen molar-refractivity contribution in [1.29, 1.82) is 0 Å². The lowest BCUT2D eigenvalue weighted by molar-refractivity contribution is -0.117. The van der Waals surface area contributed by atoms with E-state index in [-0.39, 0.29) is 11.2 Å². The fourth-order valence-electron chi connectivity index (χ4n) is 3.24. The van der Waals surface area contributed by atoms with Gasteiger partial charge in [-0.2, -0.15) is 0 Å². The second kappa shape index (κ2) is 8.52. The van der Waals surface area contributed by atoms with Crippen LogP contribution in [0.1, 0.15) is 50.8 Å². The van der Waals surface area contributed by atoms with Gasteiger partial charge in [-0.1, -0.05) is 44.7 Å². The molecule has 28 heavy (non-hydrogen) atoms. The molecule has 1 atom stereocenters. The summed E-state index contributed by atoms with van der Waals surface area (Å²) in [6, 6.07) is 14.1. The molecule has 146 valence electrons. The molecule has 3 rings (SSSR count). The van der Waals surface area contributed by atoms with Gasteiger partial charge in [0.05, 0.1) is 13.2 Å². The highest BCUT2D eigenvalue weighted by molar-refractivity contribution is 5.75. The molecule has 1 aliphatic heterocycles. The summed E-state index contributed by atoms with van der Waals surface area (Å²) < 4.78 is 11.8. The Hall–Kier alpha value is -2.73. The van der Waals surface area contributed by atoms with Crippen molar-refractivity contribution in [2.24, 2.45) is 11.3 Å². The zero-order valence-corrected chi connectivity index (χ0v) is 17.2. The first-order valence-electron chi connectivity index (χ1n) is 9.81. The van der Waals surface area contributed by atoms with Crippen molar-refractivity contribution in [2.75, 3.05) is 13.2 Å². The minimum absolute atomic E-state index is 0.00543. The minimum atomic E-state index is -0.00543. The Morgan fingerprint density at radius 3 is 2.29 bits per heavy atom. The van der Waals surface area contributed by atoms with Crippen LogP contribution in [0.2, 0.25) is 0 Å². The lowest BCUT2D eigenvalue weighted by atomic mass is 9.96. The van der Waals surface area contributed by atoms with Gasteiger partial charge in [0.1, 0.15) is 5.78 Å². The number of hydrogen-bond acceptors (Lipinski definition) is 3. The first-order chi connectivity index (χ1) is 13.3. The second-order valence-electron chi connectivity index (χ2n) is 8.57. The molecule has 2 aromatic carbocycles. The van der Waals surface area contributed by atoms with Gasteiger partial charge in [-0.05, 0) is 55.2 Å². The third-order valence-corrected chi connectivity index (χ3v) is 4.71. The van der Waals surface area contributed by atoms with Crippen LogP contribution in [0.25, 0.3) is 0 Å². The Labute approximate surface area is 168 Å². The Balaban J connectivity index is 1.67. The lowest BCUT2D eigenvalue weighted by Crippen LogP contribution is -2.26. The molecule has 0 saturated heterocycles. The van der Waals surface area contributed by atoms with Crippen LogP contribution in [0, 0.1) is 23.2 Å². The average Bonchev–Trinajstić information content (AvgIpc) is 2.79. The van der Waals surface area contributed by atoms with Gasteiger partial charge in [0, 0.05) is 23.0 Å². The van der Waals surface area contributed by atoms with E-state index < -0.39 is 0 Å². The van der Waals surface area contributed by atoms with Gasteiger partial charge in [0.2, 0.25) is 0 Å². The molecule has 2 aromatic rings. The fourth-order valence-corrected chi connectivity index (χ4v) is 3.24. The molecule has 0 spiro atoms. The Morgan fingerprint density at radius 2 is 1.61 bits per heavy atom. The molecule has 0 aromatic heterocycles. The summed E-state index contributed by atoms with van der Waals surface area (Å²) in [7, 11) is 0. The van der Waals surface area contributed by atoms with Gasteiger partial charge >= 0.3 is 0 Å². The first kappa shape index (κ1) is 20.0. The molecule has 3 heteroatoms. The maximum absolute atomic E-state index is 11.2. The van der Waals surface area contributed by atoms with E-state index in [0.717, 1.165) is 29.0 Å². The van der Waals surface area contributed by atoms with Crippen LogP contribution in [0.15, 0.2) is 42.5 Å². The lowest BCUT2D eigenvalue weighted by Gasteiger charge is -2.19. The maximum atomic E-state index is 11.2. The number of fused-ring (bicyclic) bond motifs is 1. The molecule has 1 unspecified atom stereocenters. The smallest absolute Gasteiger partial charge is 0.162 e. The summed E-state index contributed by atoms with van der Waals surface area (Å²) in [6.07, 6.45) is 1.54. The van der Waals surface area contributed by atoms with E-state index in [9.17, 15) is 4.79 Å². The standard InChI is InChI=1S/C25H28O3/c1-18(13-19(2)26)14-21-8-5-20(6-9-21)7-10-22-11-12-23-24(15-22)28-17-25(3,4)16-27-23/h5-6,8-9,11-12,15,18H,13-14,16-17H2,1-4H3. The van der Waals surface area contributed by atoms with E-state index in [1.807, 2.05) is 30.3 Å². The van der Waals surface area contributed by atoms with Crippen molar-refractivity contribution in [3.63, 3.8) is 0 Å². The fraction of sp³-hybridized carbons (Fsp3) is 0.400. The van der Waals surface area contributed by atoms with E-state index in [1.165, 1.54) is 5.56 Å². The largest absolute Gasteiger partial charge is 0.489 e. The van der Waals surface area contributed by atoms with Crippen LogP contribution >= 0.6 is 0 Å². The number of carbonyl (C=O) groups is 1. The third-order valence-electron chi connectivity index (χ3n) is 4.71. The van der Waals surface area contributed by atoms with Crippen LogP contribution in [0.5, 0.6) is 11.5 Å². The predicted molar refractivity (Wildman–Crippen MR) is 112 cm³/mol. The van der Waals surface area contributed by atoms with Gasteiger partial charge in [-0.3, -0.25) is 0 Å². The second-order valence-corrected chi connectivity index (χ2v) is 8.57. The summed E-state index contributed by atoms with van der Waals surface area (Å²) in [4.78, 5) is 11.2. The van der Waals surface area contributed by atoms with Gasteiger partial charge in [-0.25, -0.2) is 0 Å². The summed E-state index contributed by atoms with van der Waals surface area (Å²) in [5.41, 5.74) is 3.10. The molecule has 0 amide bonds. The SMILES string of the molecule is CC(=O)CC(C)Cc1ccc(C#Cc2ccc3c(c2)OCC(C)(C)CO3)cc1. The van der Waals surface area contributed by atoms with E-state index >= 15 is 0 Å². The summed E-state index contributed by atoms with van der Waals surface area (Å²) >= 11 is 0. The van der Waals surface area contributed by atoms with Crippen molar-refractivity contribution >= 4 is 5.78 Å². The molecule has 1 heterocycles. The number of rotatable bonds is 4. The average molecular weight is 376 g/mol. The van der Waals surface area contributed by atoms with Crippen LogP contribution in [0.3, 0.4) is 0 Å². The van der Waals surface area contributed by atoms with Crippen molar-refractivity contribution in [3.8, 4) is 23.3 Å². The molecular weight excluding hydrogens is 348 g/mol. The molecular formula is C25H28O3. The molecule has 1 aliphatic rings. The van der Waals surface area contributed by atoms with E-state index in [4.69, 9.17) is 9.47 Å². The van der Waals surface area contributed by atoms with E-state index in [0.29, 0.717) is 25.6 Å². The minimum Gasteiger partial charge on any atom is -0.489 e. The number of Topliss-reactive ketones (excluding diaryl/α,β-unsaturated/α-hetero) is 1. The monoisotopic (exact) mass is 376 g/mol. The highest BCUT2D eigenvalue weighted by Gasteiger charge is 2.25. The first-order valence-corrected chi connectivity index (χ1v) is 9.81. The Kier molecular flexibility index (Phi) is 6.09. The van der Waals surface area contributed by atoms with Crippen molar-refractivity contribution in [3.05, 3.63) is 59.2 Å². The molecule has 0 bridgehead atoms. The zero-order chi connectivity index (χ0) is 20.1. The molecule has 0 radical (unpaired) electrons. The summed E-state index contributed by atoms with van der Waals surface area (Å²) in [6.45, 7) is 9.28. The van der Waals surface area contributed by atoms with Gasteiger partial charge in [-0.15, -0.1) is 0 Å². The van der Waals surface area contributed by atoms with Crippen LogP contribution in [-0.4, -0.2) is 19.0 Å². The summed E-state index contributed by atoms with van der Waals surface area (Å²) in [5.74, 6) is 8.56. The Morgan fingerprint density at radius 1 is 1.00 bits per heavy atom. The Bertz CT molecular complexity index is 898. The van der Waals surface area contributed by atoms with Crippen LogP contribution < -0.4 is 9.47 Å². The van der Waals surface area contributed by atoms with E-state index in [1.54, 1.807) is 6.92 Å². The highest BCUT2D eigenvalue weighted by atomic mass is 16.5. The maximum Gasteiger partial charge on any atom is 0.162 e. The number of benzene rings is 2. The predicted octanol–water partition coefficient (Wildman–Crippen LogP) is 5.04. The van der Waals surface area contributed by atoms with Crippen LogP contribution in [-0.2, 0) is 11.2 Å².